The molecule has 2 nitrogen and oxygen atoms in total. The summed E-state index contributed by atoms with van der Waals surface area (Å²) < 4.78 is 0. The summed E-state index contributed by atoms with van der Waals surface area (Å²) in [6.45, 7) is 9.99. The molecule has 0 heterocycles. The molecule has 2 heteroatoms. The molecular formula is C10H19NO. The molecule has 70 valence electrons. The van der Waals surface area contributed by atoms with Crippen molar-refractivity contribution < 1.29 is 4.79 Å². The van der Waals surface area contributed by atoms with Gasteiger partial charge >= 0.3 is 0 Å². The summed E-state index contributed by atoms with van der Waals surface area (Å²) in [7, 11) is 0. The van der Waals surface area contributed by atoms with Gasteiger partial charge in [0.2, 0.25) is 0 Å². The van der Waals surface area contributed by atoms with Crippen molar-refractivity contribution in [3.05, 3.63) is 12.2 Å². The second kappa shape index (κ2) is 5.09. The molecule has 0 aliphatic carbocycles. The van der Waals surface area contributed by atoms with Crippen LogP contribution in [0.5, 0.6) is 0 Å². The second-order valence-electron chi connectivity index (χ2n) is 3.71. The summed E-state index contributed by atoms with van der Waals surface area (Å²) in [5.74, 6) is 0.607. The predicted molar refractivity (Wildman–Crippen MR) is 51.8 cm³/mol. The largest absolute Gasteiger partial charge is 0.330 e. The van der Waals surface area contributed by atoms with Crippen molar-refractivity contribution in [1.29, 1.82) is 0 Å². The van der Waals surface area contributed by atoms with Crippen LogP contribution in [0.3, 0.4) is 0 Å². The van der Waals surface area contributed by atoms with Crippen LogP contribution in [0.2, 0.25) is 0 Å². The van der Waals surface area contributed by atoms with Crippen LogP contribution >= 0.6 is 0 Å². The molecule has 0 saturated carbocycles. The van der Waals surface area contributed by atoms with E-state index in [1.165, 1.54) is 0 Å². The van der Waals surface area contributed by atoms with Crippen molar-refractivity contribution >= 4 is 5.78 Å². The Morgan fingerprint density at radius 3 is 2.25 bits per heavy atom. The first-order valence-corrected chi connectivity index (χ1v) is 4.38. The highest BCUT2D eigenvalue weighted by atomic mass is 16.1. The van der Waals surface area contributed by atoms with Crippen LogP contribution in [-0.4, -0.2) is 12.3 Å². The summed E-state index contributed by atoms with van der Waals surface area (Å²) in [4.78, 5) is 11.4. The zero-order valence-corrected chi connectivity index (χ0v) is 8.26. The molecule has 0 aromatic rings. The quantitative estimate of drug-likeness (QED) is 0.637. The zero-order chi connectivity index (χ0) is 9.72. The molecular weight excluding hydrogens is 150 g/mol. The van der Waals surface area contributed by atoms with Gasteiger partial charge in [0.25, 0.3) is 0 Å². The Morgan fingerprint density at radius 1 is 1.50 bits per heavy atom. The fourth-order valence-electron chi connectivity index (χ4n) is 1.23. The SMILES string of the molecule is C=C(C)C(=O)C(CN)CC(C)C. The van der Waals surface area contributed by atoms with E-state index in [-0.39, 0.29) is 11.7 Å². The number of carbonyl (C=O) groups is 1. The molecule has 0 saturated heterocycles. The van der Waals surface area contributed by atoms with Crippen molar-refractivity contribution in [2.45, 2.75) is 27.2 Å². The average molecular weight is 169 g/mol. The maximum Gasteiger partial charge on any atom is 0.162 e. The number of nitrogens with two attached hydrogens (primary N) is 1. The van der Waals surface area contributed by atoms with E-state index in [0.717, 1.165) is 6.42 Å². The highest BCUT2D eigenvalue weighted by molar-refractivity contribution is 5.96. The second-order valence-corrected chi connectivity index (χ2v) is 3.71. The van der Waals surface area contributed by atoms with E-state index in [2.05, 4.69) is 20.4 Å². The van der Waals surface area contributed by atoms with Gasteiger partial charge in [0.15, 0.2) is 5.78 Å². The van der Waals surface area contributed by atoms with Crippen LogP contribution in [0.4, 0.5) is 0 Å². The molecule has 1 unspecified atom stereocenters. The van der Waals surface area contributed by atoms with Gasteiger partial charge in [-0.1, -0.05) is 20.4 Å². The van der Waals surface area contributed by atoms with Gasteiger partial charge in [0.1, 0.15) is 0 Å². The first-order valence-electron chi connectivity index (χ1n) is 4.38. The van der Waals surface area contributed by atoms with Gasteiger partial charge in [-0.2, -0.15) is 0 Å². The maximum atomic E-state index is 11.4. The molecule has 0 radical (unpaired) electrons. The van der Waals surface area contributed by atoms with Crippen LogP contribution in [0.15, 0.2) is 12.2 Å². The van der Waals surface area contributed by atoms with Gasteiger partial charge in [-0.25, -0.2) is 0 Å². The molecule has 0 aromatic heterocycles. The van der Waals surface area contributed by atoms with E-state index < -0.39 is 0 Å². The highest BCUT2D eigenvalue weighted by Crippen LogP contribution is 2.14. The topological polar surface area (TPSA) is 43.1 Å². The van der Waals surface area contributed by atoms with E-state index in [1.807, 2.05) is 0 Å². The molecule has 2 N–H and O–H groups in total. The number of ketones is 1. The maximum absolute atomic E-state index is 11.4. The van der Waals surface area contributed by atoms with E-state index in [4.69, 9.17) is 5.73 Å². The fourth-order valence-corrected chi connectivity index (χ4v) is 1.23. The number of hydrogen-bond donors (Lipinski definition) is 1. The summed E-state index contributed by atoms with van der Waals surface area (Å²) in [5, 5.41) is 0. The standard InChI is InChI=1S/C10H19NO/c1-7(2)5-9(6-11)10(12)8(3)4/h7,9H,3,5-6,11H2,1-2,4H3. The van der Waals surface area contributed by atoms with Crippen molar-refractivity contribution in [3.8, 4) is 0 Å². The van der Waals surface area contributed by atoms with E-state index in [1.54, 1.807) is 6.92 Å². The van der Waals surface area contributed by atoms with Crippen LogP contribution in [-0.2, 0) is 4.79 Å². The van der Waals surface area contributed by atoms with Gasteiger partial charge in [0, 0.05) is 12.5 Å². The fraction of sp³-hybridized carbons (Fsp3) is 0.700. The molecule has 0 bridgehead atoms. The Morgan fingerprint density at radius 2 is 2.00 bits per heavy atom. The van der Waals surface area contributed by atoms with E-state index in [9.17, 15) is 4.79 Å². The first kappa shape index (κ1) is 11.4. The third-order valence-electron chi connectivity index (χ3n) is 1.83. The lowest BCUT2D eigenvalue weighted by Crippen LogP contribution is -2.25. The highest BCUT2D eigenvalue weighted by Gasteiger charge is 2.17. The van der Waals surface area contributed by atoms with Gasteiger partial charge in [0.05, 0.1) is 0 Å². The van der Waals surface area contributed by atoms with Gasteiger partial charge < -0.3 is 5.73 Å². The minimum absolute atomic E-state index is 0.0255. The van der Waals surface area contributed by atoms with Crippen molar-refractivity contribution in [1.82, 2.24) is 0 Å². The lowest BCUT2D eigenvalue weighted by atomic mass is 9.91. The zero-order valence-electron chi connectivity index (χ0n) is 8.26. The Kier molecular flexibility index (Phi) is 4.83. The summed E-state index contributed by atoms with van der Waals surface area (Å²) in [5.41, 5.74) is 6.11. The summed E-state index contributed by atoms with van der Waals surface area (Å²) in [6.07, 6.45) is 0.863. The molecule has 0 amide bonds. The first-order chi connectivity index (χ1) is 5.49. The molecule has 0 aliphatic heterocycles. The van der Waals surface area contributed by atoms with Crippen LogP contribution in [0.25, 0.3) is 0 Å². The van der Waals surface area contributed by atoms with Crippen LogP contribution in [0.1, 0.15) is 27.2 Å². The Hall–Kier alpha value is -0.630. The average Bonchev–Trinajstić information content (AvgIpc) is 1.98. The van der Waals surface area contributed by atoms with Crippen molar-refractivity contribution in [2.75, 3.05) is 6.54 Å². The molecule has 0 rings (SSSR count). The molecule has 12 heavy (non-hydrogen) atoms. The monoisotopic (exact) mass is 169 g/mol. The van der Waals surface area contributed by atoms with Crippen LogP contribution < -0.4 is 5.73 Å². The number of hydrogen-bond acceptors (Lipinski definition) is 2. The lowest BCUT2D eigenvalue weighted by molar-refractivity contribution is -0.119. The minimum atomic E-state index is -0.0255. The van der Waals surface area contributed by atoms with E-state index >= 15 is 0 Å². The summed E-state index contributed by atoms with van der Waals surface area (Å²) >= 11 is 0. The molecule has 1 atom stereocenters. The molecule has 0 aromatic carbocycles. The third kappa shape index (κ3) is 3.67. The van der Waals surface area contributed by atoms with Crippen molar-refractivity contribution in [3.63, 3.8) is 0 Å². The number of allylic oxidation sites excluding steroid dienone is 1. The lowest BCUT2D eigenvalue weighted by Gasteiger charge is -2.15. The minimum Gasteiger partial charge on any atom is -0.330 e. The van der Waals surface area contributed by atoms with E-state index in [0.29, 0.717) is 18.0 Å². The third-order valence-corrected chi connectivity index (χ3v) is 1.83. The van der Waals surface area contributed by atoms with Gasteiger partial charge in [-0.3, -0.25) is 4.79 Å². The Labute approximate surface area is 74.8 Å². The van der Waals surface area contributed by atoms with Crippen LogP contribution in [0, 0.1) is 11.8 Å². The predicted octanol–water partition coefficient (Wildman–Crippen LogP) is 1.75. The molecule has 0 spiro atoms. The molecule has 0 fully saturated rings. The Bertz CT molecular complexity index is 173. The van der Waals surface area contributed by atoms with Gasteiger partial charge in [-0.15, -0.1) is 0 Å². The normalized spacial score (nSPS) is 13.1. The summed E-state index contributed by atoms with van der Waals surface area (Å²) in [6, 6.07) is 0. The number of rotatable bonds is 5. The Balaban J connectivity index is 4.15. The smallest absolute Gasteiger partial charge is 0.162 e. The number of carbonyl (C=O) groups excluding carboxylic acids is 1. The molecule has 0 aliphatic rings. The van der Waals surface area contributed by atoms with Crippen molar-refractivity contribution in [2.24, 2.45) is 17.6 Å². The number of Topliss-reactive ketones (excluding diaryl/α,β-unsaturated/α-hetero) is 1. The van der Waals surface area contributed by atoms with Gasteiger partial charge in [-0.05, 0) is 24.8 Å².